The van der Waals surface area contributed by atoms with E-state index in [0.717, 1.165) is 24.1 Å². The van der Waals surface area contributed by atoms with E-state index in [1.807, 2.05) is 52.0 Å². The Kier molecular flexibility index (Phi) is 4.23. The summed E-state index contributed by atoms with van der Waals surface area (Å²) in [6.07, 6.45) is 2.01. The van der Waals surface area contributed by atoms with Crippen LogP contribution in [0.25, 0.3) is 0 Å². The van der Waals surface area contributed by atoms with Gasteiger partial charge in [-0.1, -0.05) is 17.3 Å². The van der Waals surface area contributed by atoms with Crippen LogP contribution < -0.4 is 10.2 Å². The van der Waals surface area contributed by atoms with Crippen molar-refractivity contribution in [2.45, 2.75) is 57.8 Å². The Hall–Kier alpha value is -1.40. The van der Waals surface area contributed by atoms with Gasteiger partial charge < -0.3 is 14.0 Å². The summed E-state index contributed by atoms with van der Waals surface area (Å²) in [5.41, 5.74) is 0.327. The van der Waals surface area contributed by atoms with Gasteiger partial charge in [-0.2, -0.15) is 4.91 Å². The van der Waals surface area contributed by atoms with E-state index in [2.05, 4.69) is 5.18 Å². The molecular weight excluding hydrogens is 293 g/mol. The van der Waals surface area contributed by atoms with Gasteiger partial charge in [0.2, 0.25) is 0 Å². The molecule has 0 aromatic heterocycles. The minimum atomic E-state index is -0.346. The van der Waals surface area contributed by atoms with E-state index >= 15 is 0 Å². The van der Waals surface area contributed by atoms with Crippen molar-refractivity contribution in [3.63, 3.8) is 0 Å². The van der Waals surface area contributed by atoms with Gasteiger partial charge >= 0.3 is 7.12 Å². The third-order valence-electron chi connectivity index (χ3n) is 5.23. The van der Waals surface area contributed by atoms with Crippen molar-refractivity contribution in [3.8, 4) is 5.75 Å². The van der Waals surface area contributed by atoms with E-state index in [0.29, 0.717) is 12.5 Å². The first kappa shape index (κ1) is 16.5. The van der Waals surface area contributed by atoms with Crippen LogP contribution in [0.5, 0.6) is 5.75 Å². The summed E-state index contributed by atoms with van der Waals surface area (Å²) in [7, 11) is -0.346. The first-order chi connectivity index (χ1) is 10.8. The highest BCUT2D eigenvalue weighted by atomic mass is 16.7. The molecule has 1 aromatic carbocycles. The third-order valence-corrected chi connectivity index (χ3v) is 5.23. The molecule has 1 aromatic rings. The molecule has 0 spiro atoms. The van der Waals surface area contributed by atoms with Crippen LogP contribution >= 0.6 is 0 Å². The Morgan fingerprint density at radius 3 is 2.22 bits per heavy atom. The molecule has 2 fully saturated rings. The summed E-state index contributed by atoms with van der Waals surface area (Å²) >= 11 is 0. The Labute approximate surface area is 137 Å². The monoisotopic (exact) mass is 317 g/mol. The van der Waals surface area contributed by atoms with Crippen LogP contribution in [0, 0.1) is 10.8 Å². The molecule has 1 saturated carbocycles. The molecule has 0 amide bonds. The summed E-state index contributed by atoms with van der Waals surface area (Å²) < 4.78 is 18.0. The normalized spacial score (nSPS) is 28.3. The van der Waals surface area contributed by atoms with Crippen molar-refractivity contribution in [2.75, 3.05) is 6.54 Å². The van der Waals surface area contributed by atoms with Crippen LogP contribution in [0.1, 0.15) is 40.5 Å². The average Bonchev–Trinajstić information content (AvgIpc) is 2.66. The van der Waals surface area contributed by atoms with Crippen molar-refractivity contribution in [1.82, 2.24) is 0 Å². The van der Waals surface area contributed by atoms with Crippen molar-refractivity contribution >= 4 is 12.6 Å². The molecule has 0 unspecified atom stereocenters. The van der Waals surface area contributed by atoms with E-state index in [-0.39, 0.29) is 24.4 Å². The molecule has 1 saturated heterocycles. The van der Waals surface area contributed by atoms with Gasteiger partial charge in [0, 0.05) is 0 Å². The fourth-order valence-corrected chi connectivity index (χ4v) is 2.90. The number of hydrogen-bond acceptors (Lipinski definition) is 5. The lowest BCUT2D eigenvalue weighted by molar-refractivity contribution is 0.00578. The maximum atomic E-state index is 10.2. The molecule has 1 heterocycles. The molecule has 0 bridgehead atoms. The Bertz CT molecular complexity index is 550. The zero-order chi connectivity index (χ0) is 16.7. The third kappa shape index (κ3) is 3.28. The predicted molar refractivity (Wildman–Crippen MR) is 90.0 cm³/mol. The standard InChI is InChI=1S/C17H24BNO4/c1-16(2)17(3,4)23-18(22-16)13-5-7-14(8-6-13)21-15-9-12(10-15)11-19-20/h5-8,12,15H,9-11H2,1-4H3. The van der Waals surface area contributed by atoms with E-state index in [1.165, 1.54) is 0 Å². The summed E-state index contributed by atoms with van der Waals surface area (Å²) in [6.45, 7) is 8.59. The van der Waals surface area contributed by atoms with Crippen molar-refractivity contribution < 1.29 is 14.0 Å². The molecular formula is C17H24BNO4. The fourth-order valence-electron chi connectivity index (χ4n) is 2.90. The average molecular weight is 317 g/mol. The summed E-state index contributed by atoms with van der Waals surface area (Å²) in [6, 6.07) is 7.87. The Morgan fingerprint density at radius 2 is 1.70 bits per heavy atom. The van der Waals surface area contributed by atoms with Gasteiger partial charge in [-0.15, -0.1) is 0 Å². The van der Waals surface area contributed by atoms with Crippen LogP contribution in [-0.2, 0) is 9.31 Å². The van der Waals surface area contributed by atoms with Crippen LogP contribution in [-0.4, -0.2) is 31.0 Å². The van der Waals surface area contributed by atoms with Crippen LogP contribution in [0.3, 0.4) is 0 Å². The molecule has 6 heteroatoms. The Balaban J connectivity index is 1.57. The van der Waals surface area contributed by atoms with Gasteiger partial charge in [-0.25, -0.2) is 0 Å². The Morgan fingerprint density at radius 1 is 1.13 bits per heavy atom. The number of nitrogens with zero attached hydrogens (tertiary/aromatic N) is 1. The second-order valence-corrected chi connectivity index (χ2v) is 7.55. The molecule has 3 rings (SSSR count). The van der Waals surface area contributed by atoms with Gasteiger partial charge in [-0.05, 0) is 64.1 Å². The molecule has 1 aliphatic carbocycles. The molecule has 2 aliphatic rings. The highest BCUT2D eigenvalue weighted by molar-refractivity contribution is 6.62. The SMILES string of the molecule is CC1(C)OB(c2ccc(OC3CC(CN=O)C3)cc2)OC1(C)C. The lowest BCUT2D eigenvalue weighted by Crippen LogP contribution is -2.41. The van der Waals surface area contributed by atoms with E-state index in [4.69, 9.17) is 14.0 Å². The largest absolute Gasteiger partial charge is 0.494 e. The maximum Gasteiger partial charge on any atom is 0.494 e. The highest BCUT2D eigenvalue weighted by Gasteiger charge is 2.51. The van der Waals surface area contributed by atoms with Gasteiger partial charge in [-0.3, -0.25) is 0 Å². The van der Waals surface area contributed by atoms with Crippen molar-refractivity contribution in [3.05, 3.63) is 29.2 Å². The number of hydrogen-bond donors (Lipinski definition) is 0. The lowest BCUT2D eigenvalue weighted by atomic mass is 9.79. The van der Waals surface area contributed by atoms with Crippen molar-refractivity contribution in [2.24, 2.45) is 11.1 Å². The molecule has 124 valence electrons. The first-order valence-corrected chi connectivity index (χ1v) is 8.22. The molecule has 1 aliphatic heterocycles. The summed E-state index contributed by atoms with van der Waals surface area (Å²) in [4.78, 5) is 10.2. The predicted octanol–water partition coefficient (Wildman–Crippen LogP) is 2.91. The highest BCUT2D eigenvalue weighted by Crippen LogP contribution is 2.36. The number of nitroso groups, excluding NO2 is 1. The van der Waals surface area contributed by atoms with Gasteiger partial charge in [0.05, 0.1) is 23.9 Å². The van der Waals surface area contributed by atoms with Crippen LogP contribution in [0.2, 0.25) is 0 Å². The lowest BCUT2D eigenvalue weighted by Gasteiger charge is -2.33. The zero-order valence-electron chi connectivity index (χ0n) is 14.2. The van der Waals surface area contributed by atoms with Gasteiger partial charge in [0.1, 0.15) is 5.75 Å². The zero-order valence-corrected chi connectivity index (χ0v) is 14.2. The molecule has 5 nitrogen and oxygen atoms in total. The molecule has 0 radical (unpaired) electrons. The molecule has 0 atom stereocenters. The van der Waals surface area contributed by atoms with E-state index < -0.39 is 0 Å². The topological polar surface area (TPSA) is 57.1 Å². The second-order valence-electron chi connectivity index (χ2n) is 7.55. The quantitative estimate of drug-likeness (QED) is 0.619. The second kappa shape index (κ2) is 5.91. The molecule has 23 heavy (non-hydrogen) atoms. The summed E-state index contributed by atoms with van der Waals surface area (Å²) in [5.74, 6) is 1.23. The van der Waals surface area contributed by atoms with Crippen molar-refractivity contribution in [1.29, 1.82) is 0 Å². The van der Waals surface area contributed by atoms with Crippen LogP contribution in [0.15, 0.2) is 29.4 Å². The minimum Gasteiger partial charge on any atom is -0.490 e. The molecule has 0 N–H and O–H groups in total. The fraction of sp³-hybridized carbons (Fsp3) is 0.647. The summed E-state index contributed by atoms with van der Waals surface area (Å²) in [5, 5.41) is 2.94. The number of benzene rings is 1. The van der Waals surface area contributed by atoms with E-state index in [9.17, 15) is 4.91 Å². The number of ether oxygens (including phenoxy) is 1. The number of rotatable bonds is 5. The first-order valence-electron chi connectivity index (χ1n) is 8.22. The van der Waals surface area contributed by atoms with Gasteiger partial charge in [0.15, 0.2) is 0 Å². The smallest absolute Gasteiger partial charge is 0.490 e. The maximum absolute atomic E-state index is 10.2. The minimum absolute atomic E-state index is 0.199. The van der Waals surface area contributed by atoms with E-state index in [1.54, 1.807) is 0 Å². The van der Waals surface area contributed by atoms with Crippen LogP contribution in [0.4, 0.5) is 0 Å². The van der Waals surface area contributed by atoms with Gasteiger partial charge in [0.25, 0.3) is 0 Å².